The van der Waals surface area contributed by atoms with Crippen LogP contribution in [-0.2, 0) is 14.8 Å². The number of morpholine rings is 1. The van der Waals surface area contributed by atoms with Crippen LogP contribution in [0, 0.1) is 0 Å². The van der Waals surface area contributed by atoms with Gasteiger partial charge in [0.05, 0.1) is 18.9 Å². The molecule has 20 heavy (non-hydrogen) atoms. The van der Waals surface area contributed by atoms with Gasteiger partial charge >= 0.3 is 0 Å². The zero-order valence-corrected chi connectivity index (χ0v) is 12.1. The molecule has 2 rings (SSSR count). The van der Waals surface area contributed by atoms with Crippen molar-refractivity contribution in [3.8, 4) is 0 Å². The van der Waals surface area contributed by atoms with Crippen molar-refractivity contribution < 1.29 is 13.2 Å². The molecule has 0 atom stereocenters. The number of aromatic nitrogens is 1. The monoisotopic (exact) mass is 300 g/mol. The summed E-state index contributed by atoms with van der Waals surface area (Å²) in [6.07, 6.45) is 3.48. The molecule has 1 fully saturated rings. The Morgan fingerprint density at radius 1 is 1.40 bits per heavy atom. The predicted molar refractivity (Wildman–Crippen MR) is 75.7 cm³/mol. The maximum Gasteiger partial charge on any atom is 0.244 e. The Hall–Kier alpha value is -1.22. The zero-order valence-electron chi connectivity index (χ0n) is 11.3. The second-order valence-electron chi connectivity index (χ2n) is 4.62. The molecule has 1 saturated heterocycles. The molecule has 0 aromatic carbocycles. The first kappa shape index (κ1) is 15.2. The van der Waals surface area contributed by atoms with Crippen LogP contribution in [0.25, 0.3) is 0 Å². The Bertz CT molecular complexity index is 529. The van der Waals surface area contributed by atoms with E-state index in [-0.39, 0.29) is 10.6 Å². The summed E-state index contributed by atoms with van der Waals surface area (Å²) in [6, 6.07) is 1.47. The van der Waals surface area contributed by atoms with Gasteiger partial charge < -0.3 is 10.5 Å². The molecule has 1 aromatic rings. The van der Waals surface area contributed by atoms with Crippen LogP contribution in [0.3, 0.4) is 0 Å². The summed E-state index contributed by atoms with van der Waals surface area (Å²) in [5.41, 5.74) is 5.86. The Labute approximate surface area is 119 Å². The van der Waals surface area contributed by atoms with Gasteiger partial charge in [-0.05, 0) is 19.0 Å². The fraction of sp³-hybridized carbons (Fsp3) is 0.583. The minimum Gasteiger partial charge on any atom is -0.398 e. The van der Waals surface area contributed by atoms with Crippen LogP contribution in [-0.4, -0.2) is 57.7 Å². The van der Waals surface area contributed by atoms with Crippen molar-refractivity contribution in [3.63, 3.8) is 0 Å². The normalized spacial score (nSPS) is 17.2. The minimum atomic E-state index is -3.57. The van der Waals surface area contributed by atoms with E-state index in [1.54, 1.807) is 0 Å². The molecule has 0 bridgehead atoms. The lowest BCUT2D eigenvalue weighted by molar-refractivity contribution is 0.0376. The molecule has 1 aliphatic rings. The van der Waals surface area contributed by atoms with Crippen molar-refractivity contribution in [3.05, 3.63) is 18.5 Å². The van der Waals surface area contributed by atoms with Crippen molar-refractivity contribution in [2.75, 3.05) is 45.1 Å². The Morgan fingerprint density at radius 2 is 2.15 bits per heavy atom. The topological polar surface area (TPSA) is 97.5 Å². The summed E-state index contributed by atoms with van der Waals surface area (Å²) in [5.74, 6) is 0. The lowest BCUT2D eigenvalue weighted by atomic mass is 10.3. The Balaban J connectivity index is 1.79. The predicted octanol–water partition coefficient (Wildman–Crippen LogP) is -0.336. The van der Waals surface area contributed by atoms with E-state index in [9.17, 15) is 8.42 Å². The van der Waals surface area contributed by atoms with Crippen molar-refractivity contribution >= 4 is 15.7 Å². The summed E-state index contributed by atoms with van der Waals surface area (Å²) in [7, 11) is -3.57. The van der Waals surface area contributed by atoms with Crippen molar-refractivity contribution in [1.82, 2.24) is 14.6 Å². The van der Waals surface area contributed by atoms with Gasteiger partial charge in [0.2, 0.25) is 10.0 Å². The number of anilines is 1. The summed E-state index contributed by atoms with van der Waals surface area (Å²) < 4.78 is 31.9. The molecule has 0 amide bonds. The van der Waals surface area contributed by atoms with Gasteiger partial charge in [-0.1, -0.05) is 0 Å². The largest absolute Gasteiger partial charge is 0.398 e. The first-order valence-electron chi connectivity index (χ1n) is 6.59. The number of nitrogen functional groups attached to an aromatic ring is 1. The highest BCUT2D eigenvalue weighted by Crippen LogP contribution is 2.15. The van der Waals surface area contributed by atoms with E-state index in [4.69, 9.17) is 10.5 Å². The molecule has 0 spiro atoms. The number of ether oxygens (including phenoxy) is 1. The standard InChI is InChI=1S/C12H20N4O3S/c13-11-2-4-14-10-12(11)20(17,18)15-3-1-5-16-6-8-19-9-7-16/h2,4,10,15H,1,3,5-9H2,(H2,13,14). The van der Waals surface area contributed by atoms with Crippen molar-refractivity contribution in [2.24, 2.45) is 0 Å². The van der Waals surface area contributed by atoms with Crippen LogP contribution < -0.4 is 10.5 Å². The van der Waals surface area contributed by atoms with Gasteiger partial charge in [0.25, 0.3) is 0 Å². The number of sulfonamides is 1. The molecular weight excluding hydrogens is 280 g/mol. The van der Waals surface area contributed by atoms with E-state index < -0.39 is 10.0 Å². The summed E-state index contributed by atoms with van der Waals surface area (Å²) in [4.78, 5) is 6.09. The summed E-state index contributed by atoms with van der Waals surface area (Å²) >= 11 is 0. The minimum absolute atomic E-state index is 0.0337. The number of nitrogens with one attached hydrogen (secondary N) is 1. The Morgan fingerprint density at radius 3 is 2.85 bits per heavy atom. The smallest absolute Gasteiger partial charge is 0.244 e. The lowest BCUT2D eigenvalue weighted by Crippen LogP contribution is -2.38. The van der Waals surface area contributed by atoms with Gasteiger partial charge in [0, 0.05) is 32.0 Å². The second kappa shape index (κ2) is 6.98. The number of nitrogens with two attached hydrogens (primary N) is 1. The number of hydrogen-bond donors (Lipinski definition) is 2. The third-order valence-electron chi connectivity index (χ3n) is 3.15. The maximum absolute atomic E-state index is 12.0. The summed E-state index contributed by atoms with van der Waals surface area (Å²) in [6.45, 7) is 4.54. The van der Waals surface area contributed by atoms with E-state index in [1.807, 2.05) is 0 Å². The second-order valence-corrected chi connectivity index (χ2v) is 6.35. The van der Waals surface area contributed by atoms with Gasteiger partial charge in [-0.15, -0.1) is 0 Å². The van der Waals surface area contributed by atoms with Gasteiger partial charge in [0.15, 0.2) is 0 Å². The van der Waals surface area contributed by atoms with Crippen LogP contribution in [0.15, 0.2) is 23.4 Å². The molecule has 0 saturated carbocycles. The van der Waals surface area contributed by atoms with E-state index >= 15 is 0 Å². The quantitative estimate of drug-likeness (QED) is 0.698. The lowest BCUT2D eigenvalue weighted by Gasteiger charge is -2.26. The molecule has 7 nitrogen and oxygen atoms in total. The fourth-order valence-electron chi connectivity index (χ4n) is 2.03. The van der Waals surface area contributed by atoms with Gasteiger partial charge in [-0.25, -0.2) is 13.1 Å². The van der Waals surface area contributed by atoms with E-state index in [0.29, 0.717) is 6.54 Å². The van der Waals surface area contributed by atoms with E-state index in [1.165, 1.54) is 18.5 Å². The number of rotatable bonds is 6. The molecule has 8 heteroatoms. The zero-order chi connectivity index (χ0) is 14.4. The van der Waals surface area contributed by atoms with E-state index in [2.05, 4.69) is 14.6 Å². The average molecular weight is 300 g/mol. The van der Waals surface area contributed by atoms with Crippen LogP contribution >= 0.6 is 0 Å². The van der Waals surface area contributed by atoms with Gasteiger partial charge in [-0.3, -0.25) is 9.88 Å². The molecule has 0 aliphatic carbocycles. The van der Waals surface area contributed by atoms with Crippen LogP contribution in [0.1, 0.15) is 6.42 Å². The van der Waals surface area contributed by atoms with Crippen LogP contribution in [0.5, 0.6) is 0 Å². The fourth-order valence-corrected chi connectivity index (χ4v) is 3.17. The molecule has 112 valence electrons. The van der Waals surface area contributed by atoms with Crippen LogP contribution in [0.4, 0.5) is 5.69 Å². The first-order chi connectivity index (χ1) is 9.59. The van der Waals surface area contributed by atoms with Gasteiger partial charge in [0.1, 0.15) is 4.90 Å². The van der Waals surface area contributed by atoms with E-state index in [0.717, 1.165) is 39.3 Å². The number of hydrogen-bond acceptors (Lipinski definition) is 6. The highest BCUT2D eigenvalue weighted by atomic mass is 32.2. The maximum atomic E-state index is 12.0. The molecule has 0 unspecified atom stereocenters. The third-order valence-corrected chi connectivity index (χ3v) is 4.66. The van der Waals surface area contributed by atoms with Crippen molar-refractivity contribution in [2.45, 2.75) is 11.3 Å². The Kier molecular flexibility index (Phi) is 5.30. The number of pyridine rings is 1. The van der Waals surface area contributed by atoms with Crippen LogP contribution in [0.2, 0.25) is 0 Å². The highest BCUT2D eigenvalue weighted by molar-refractivity contribution is 7.89. The molecule has 3 N–H and O–H groups in total. The molecule has 1 aromatic heterocycles. The molecule has 1 aliphatic heterocycles. The molecule has 0 radical (unpaired) electrons. The molecule has 2 heterocycles. The average Bonchev–Trinajstić information content (AvgIpc) is 2.45. The number of nitrogens with zero attached hydrogens (tertiary/aromatic N) is 2. The summed E-state index contributed by atoms with van der Waals surface area (Å²) in [5, 5.41) is 0. The SMILES string of the molecule is Nc1ccncc1S(=O)(=O)NCCCN1CCOCC1. The highest BCUT2D eigenvalue weighted by Gasteiger charge is 2.17. The third kappa shape index (κ3) is 4.14. The first-order valence-corrected chi connectivity index (χ1v) is 8.07. The van der Waals surface area contributed by atoms with Crippen molar-refractivity contribution in [1.29, 1.82) is 0 Å². The molecular formula is C12H20N4O3S. The van der Waals surface area contributed by atoms with Gasteiger partial charge in [-0.2, -0.15) is 0 Å².